The van der Waals surface area contributed by atoms with E-state index in [2.05, 4.69) is 32.6 Å². The second kappa shape index (κ2) is 9.49. The molecule has 0 amide bonds. The third kappa shape index (κ3) is 4.78. The van der Waals surface area contributed by atoms with Gasteiger partial charge in [0.25, 0.3) is 10.1 Å². The summed E-state index contributed by atoms with van der Waals surface area (Å²) in [4.78, 5) is 0.0580. The van der Waals surface area contributed by atoms with E-state index in [0.29, 0.717) is 0 Å². The van der Waals surface area contributed by atoms with Crippen LogP contribution in [0.5, 0.6) is 0 Å². The van der Waals surface area contributed by atoms with Gasteiger partial charge >= 0.3 is 0 Å². The Bertz CT molecular complexity index is 852. The predicted octanol–water partition coefficient (Wildman–Crippen LogP) is 4.74. The van der Waals surface area contributed by atoms with Crippen LogP contribution >= 0.6 is 0 Å². The first-order valence-electron chi connectivity index (χ1n) is 9.69. The smallest absolute Gasteiger partial charge is 0.282 e. The third-order valence-corrected chi connectivity index (χ3v) is 11.7. The van der Waals surface area contributed by atoms with Crippen LogP contribution in [0.3, 0.4) is 0 Å². The molecule has 0 aliphatic rings. The molecule has 0 aromatic heterocycles. The first kappa shape index (κ1) is 21.6. The molecule has 27 heavy (non-hydrogen) atoms. The fraction of sp³-hybridized carbons (Fsp3) is 0.364. The van der Waals surface area contributed by atoms with Crippen LogP contribution in [-0.2, 0) is 10.1 Å². The van der Waals surface area contributed by atoms with Crippen molar-refractivity contribution in [3.05, 3.63) is 60.7 Å². The predicted molar refractivity (Wildman–Crippen MR) is 117 cm³/mol. The molecular weight excluding hydrogens is 372 g/mol. The monoisotopic (exact) mass is 402 g/mol. The molecule has 2 aromatic rings. The highest BCUT2D eigenvalue weighted by Crippen LogP contribution is 2.27. The average molecular weight is 403 g/mol. The molecule has 146 valence electrons. The molecule has 1 N–H and O–H groups in total. The Kier molecular flexibility index (Phi) is 7.59. The maximum Gasteiger partial charge on any atom is 0.294 e. The first-order valence-corrected chi connectivity index (χ1v) is 13.5. The minimum Gasteiger partial charge on any atom is -0.282 e. The maximum atomic E-state index is 12.3. The van der Waals surface area contributed by atoms with Gasteiger partial charge in [0.15, 0.2) is 0 Å². The standard InChI is InChI=1S/C22H30O3SSi/c1-4-7-17-27(18-8-5-2,20-14-10-9-11-15-20)22-19(6-3)13-12-16-21(22)26(23,24)25/h6,9-16H,3-5,7-8,17-18H2,1-2H3,(H,23,24,25). The average Bonchev–Trinajstić information content (AvgIpc) is 2.68. The summed E-state index contributed by atoms with van der Waals surface area (Å²) < 4.78 is 34.6. The Labute approximate surface area is 164 Å². The van der Waals surface area contributed by atoms with Crippen molar-refractivity contribution in [1.29, 1.82) is 0 Å². The van der Waals surface area contributed by atoms with Crippen molar-refractivity contribution in [3.8, 4) is 0 Å². The van der Waals surface area contributed by atoms with E-state index >= 15 is 0 Å². The molecule has 0 saturated heterocycles. The van der Waals surface area contributed by atoms with Crippen molar-refractivity contribution in [2.24, 2.45) is 0 Å². The quantitative estimate of drug-likeness (QED) is 0.461. The van der Waals surface area contributed by atoms with Gasteiger partial charge in [-0.25, -0.2) is 0 Å². The van der Waals surface area contributed by atoms with Gasteiger partial charge in [-0.05, 0) is 28.9 Å². The van der Waals surface area contributed by atoms with Gasteiger partial charge in [-0.15, -0.1) is 0 Å². The highest BCUT2D eigenvalue weighted by atomic mass is 32.2. The maximum absolute atomic E-state index is 12.3. The van der Waals surface area contributed by atoms with E-state index in [1.165, 1.54) is 5.19 Å². The highest BCUT2D eigenvalue weighted by Gasteiger charge is 2.41. The van der Waals surface area contributed by atoms with Gasteiger partial charge < -0.3 is 0 Å². The lowest BCUT2D eigenvalue weighted by Gasteiger charge is -2.35. The van der Waals surface area contributed by atoms with E-state index in [9.17, 15) is 13.0 Å². The van der Waals surface area contributed by atoms with E-state index in [4.69, 9.17) is 0 Å². The van der Waals surface area contributed by atoms with Gasteiger partial charge in [0.1, 0.15) is 8.07 Å². The van der Waals surface area contributed by atoms with E-state index < -0.39 is 18.2 Å². The van der Waals surface area contributed by atoms with Crippen LogP contribution in [0.25, 0.3) is 6.08 Å². The minimum atomic E-state index is -4.32. The topological polar surface area (TPSA) is 54.4 Å². The SMILES string of the molecule is C=Cc1cccc(S(=O)(=O)O)c1[Si](CCCC)(CCCC)c1ccccc1. The van der Waals surface area contributed by atoms with Crippen molar-refractivity contribution in [2.75, 3.05) is 0 Å². The fourth-order valence-electron chi connectivity index (χ4n) is 3.97. The lowest BCUT2D eigenvalue weighted by molar-refractivity contribution is 0.484. The fourth-order valence-corrected chi connectivity index (χ4v) is 11.2. The van der Waals surface area contributed by atoms with Gasteiger partial charge in [0.2, 0.25) is 0 Å². The normalized spacial score (nSPS) is 12.1. The summed E-state index contributed by atoms with van der Waals surface area (Å²) >= 11 is 0. The summed E-state index contributed by atoms with van der Waals surface area (Å²) in [6.07, 6.45) is 5.88. The highest BCUT2D eigenvalue weighted by molar-refractivity contribution is 7.86. The molecule has 2 aromatic carbocycles. The Balaban J connectivity index is 2.90. The van der Waals surface area contributed by atoms with Gasteiger partial charge in [0.05, 0.1) is 4.90 Å². The van der Waals surface area contributed by atoms with Crippen LogP contribution < -0.4 is 10.4 Å². The van der Waals surface area contributed by atoms with Crippen LogP contribution in [0.15, 0.2) is 60.0 Å². The molecule has 0 spiro atoms. The summed E-state index contributed by atoms with van der Waals surface area (Å²) in [7, 11) is -6.74. The Morgan fingerprint density at radius 3 is 2.04 bits per heavy atom. The molecule has 0 atom stereocenters. The number of hydrogen-bond acceptors (Lipinski definition) is 2. The second-order valence-corrected chi connectivity index (χ2v) is 12.7. The summed E-state index contributed by atoms with van der Waals surface area (Å²) in [5, 5.41) is 2.04. The minimum absolute atomic E-state index is 0.0580. The molecule has 0 fully saturated rings. The Morgan fingerprint density at radius 1 is 0.963 bits per heavy atom. The Morgan fingerprint density at radius 2 is 1.56 bits per heavy atom. The van der Waals surface area contributed by atoms with E-state index in [1.54, 1.807) is 18.2 Å². The summed E-state index contributed by atoms with van der Waals surface area (Å²) in [6.45, 7) is 8.25. The molecule has 0 saturated carbocycles. The molecule has 0 aliphatic carbocycles. The molecular formula is C22H30O3SSi. The van der Waals surface area contributed by atoms with Crippen molar-refractivity contribution in [2.45, 2.75) is 56.5 Å². The van der Waals surface area contributed by atoms with E-state index in [1.807, 2.05) is 24.3 Å². The number of rotatable bonds is 10. The lowest BCUT2D eigenvalue weighted by atomic mass is 10.2. The lowest BCUT2D eigenvalue weighted by Crippen LogP contribution is -2.60. The third-order valence-electron chi connectivity index (χ3n) is 5.28. The Hall–Kier alpha value is -1.69. The zero-order valence-corrected chi connectivity index (χ0v) is 18.1. The molecule has 0 radical (unpaired) electrons. The summed E-state index contributed by atoms with van der Waals surface area (Å²) in [6, 6.07) is 17.4. The van der Waals surface area contributed by atoms with Gasteiger partial charge in [-0.1, -0.05) is 99.8 Å². The zero-order valence-electron chi connectivity index (χ0n) is 16.3. The molecule has 2 rings (SSSR count). The van der Waals surface area contributed by atoms with Crippen molar-refractivity contribution in [3.63, 3.8) is 0 Å². The molecule has 3 nitrogen and oxygen atoms in total. The van der Waals surface area contributed by atoms with Crippen molar-refractivity contribution >= 4 is 34.6 Å². The van der Waals surface area contributed by atoms with Crippen LogP contribution in [0, 0.1) is 0 Å². The molecule has 0 heterocycles. The first-order chi connectivity index (χ1) is 12.9. The number of hydrogen-bond donors (Lipinski definition) is 1. The van der Waals surface area contributed by atoms with Crippen LogP contribution in [0.1, 0.15) is 45.1 Å². The van der Waals surface area contributed by atoms with Gasteiger partial charge in [-0.2, -0.15) is 8.42 Å². The number of benzene rings is 2. The van der Waals surface area contributed by atoms with Gasteiger partial charge in [-0.3, -0.25) is 4.55 Å². The molecule has 0 aliphatic heterocycles. The van der Waals surface area contributed by atoms with Crippen LogP contribution in [-0.4, -0.2) is 21.0 Å². The molecule has 0 unspecified atom stereocenters. The zero-order chi connectivity index (χ0) is 19.9. The molecule has 5 heteroatoms. The molecule has 0 bridgehead atoms. The summed E-state index contributed by atoms with van der Waals surface area (Å²) in [5.41, 5.74) is 0.827. The van der Waals surface area contributed by atoms with Crippen LogP contribution in [0.2, 0.25) is 12.1 Å². The number of unbranched alkanes of at least 4 members (excludes halogenated alkanes) is 2. The second-order valence-electron chi connectivity index (χ2n) is 7.05. The van der Waals surface area contributed by atoms with E-state index in [0.717, 1.165) is 48.5 Å². The largest absolute Gasteiger partial charge is 0.294 e. The van der Waals surface area contributed by atoms with Crippen molar-refractivity contribution < 1.29 is 13.0 Å². The van der Waals surface area contributed by atoms with E-state index in [-0.39, 0.29) is 4.90 Å². The summed E-state index contributed by atoms with van der Waals surface area (Å²) in [5.74, 6) is 0. The van der Waals surface area contributed by atoms with Crippen LogP contribution in [0.4, 0.5) is 0 Å². The van der Waals surface area contributed by atoms with Gasteiger partial charge in [0, 0.05) is 0 Å². The van der Waals surface area contributed by atoms with Crippen molar-refractivity contribution in [1.82, 2.24) is 0 Å².